The first-order valence-electron chi connectivity index (χ1n) is 8.77. The van der Waals surface area contributed by atoms with Crippen LogP contribution in [0.1, 0.15) is 5.56 Å². The Morgan fingerprint density at radius 3 is 2.42 bits per heavy atom. The molecule has 134 valence electrons. The van der Waals surface area contributed by atoms with E-state index in [4.69, 9.17) is 5.41 Å². The Labute approximate surface area is 150 Å². The van der Waals surface area contributed by atoms with Crippen LogP contribution in [0.5, 0.6) is 0 Å². The van der Waals surface area contributed by atoms with Gasteiger partial charge in [-0.05, 0) is 48.9 Å². The summed E-state index contributed by atoms with van der Waals surface area (Å²) in [6.45, 7) is 5.28. The van der Waals surface area contributed by atoms with Gasteiger partial charge in [-0.15, -0.1) is 0 Å². The summed E-state index contributed by atoms with van der Waals surface area (Å²) in [5, 5.41) is 11.4. The minimum atomic E-state index is -0.302. The fraction of sp³-hybridized carbons (Fsp3) is 0.250. The summed E-state index contributed by atoms with van der Waals surface area (Å²) in [7, 11) is 0. The van der Waals surface area contributed by atoms with Gasteiger partial charge in [0.25, 0.3) is 0 Å². The van der Waals surface area contributed by atoms with Crippen molar-refractivity contribution in [3.05, 3.63) is 65.2 Å². The lowest BCUT2D eigenvalue weighted by atomic mass is 10.1. The summed E-state index contributed by atoms with van der Waals surface area (Å²) in [4.78, 5) is 2.05. The summed E-state index contributed by atoms with van der Waals surface area (Å²) in [6.07, 6.45) is 1.85. The first kappa shape index (κ1) is 16.7. The quantitative estimate of drug-likeness (QED) is 0.727. The van der Waals surface area contributed by atoms with Gasteiger partial charge in [-0.3, -0.25) is 5.41 Å². The van der Waals surface area contributed by atoms with Crippen LogP contribution in [0.15, 0.2) is 42.6 Å². The van der Waals surface area contributed by atoms with Crippen molar-refractivity contribution in [3.8, 4) is 5.69 Å². The topological polar surface area (TPSA) is 48.6 Å². The maximum atomic E-state index is 14.8. The van der Waals surface area contributed by atoms with Crippen LogP contribution < -0.4 is 15.6 Å². The van der Waals surface area contributed by atoms with Crippen molar-refractivity contribution in [1.29, 1.82) is 5.41 Å². The van der Waals surface area contributed by atoms with Gasteiger partial charge in [-0.1, -0.05) is 0 Å². The molecular formula is C20H21F2N4+. The van der Waals surface area contributed by atoms with Crippen LogP contribution in [0.3, 0.4) is 0 Å². The van der Waals surface area contributed by atoms with Gasteiger partial charge in [0.1, 0.15) is 11.6 Å². The van der Waals surface area contributed by atoms with E-state index in [0.717, 1.165) is 42.9 Å². The van der Waals surface area contributed by atoms with Crippen molar-refractivity contribution in [2.24, 2.45) is 0 Å². The van der Waals surface area contributed by atoms with Gasteiger partial charge in [0.15, 0.2) is 0 Å². The van der Waals surface area contributed by atoms with Crippen LogP contribution in [0.2, 0.25) is 0 Å². The third-order valence-electron chi connectivity index (χ3n) is 4.96. The highest BCUT2D eigenvalue weighted by Crippen LogP contribution is 2.27. The number of rotatable bonds is 2. The average molecular weight is 355 g/mol. The molecular weight excluding hydrogens is 334 g/mol. The molecule has 1 saturated heterocycles. The van der Waals surface area contributed by atoms with Crippen LogP contribution >= 0.6 is 0 Å². The monoisotopic (exact) mass is 355 g/mol. The summed E-state index contributed by atoms with van der Waals surface area (Å²) < 4.78 is 30.0. The zero-order valence-electron chi connectivity index (χ0n) is 14.6. The second-order valence-corrected chi connectivity index (χ2v) is 6.71. The van der Waals surface area contributed by atoms with Gasteiger partial charge in [0.2, 0.25) is 0 Å². The van der Waals surface area contributed by atoms with Gasteiger partial charge < -0.3 is 14.8 Å². The molecule has 2 heterocycles. The van der Waals surface area contributed by atoms with E-state index in [1.54, 1.807) is 12.1 Å². The SMILES string of the molecule is Cc1cn(-c2ccc(F)cc2)c2cc(N3CC[NH2+]CC3)c(F)cc2c1=N. The zero-order valence-corrected chi connectivity index (χ0v) is 14.6. The van der Waals surface area contributed by atoms with E-state index < -0.39 is 0 Å². The number of aromatic nitrogens is 1. The molecule has 0 radical (unpaired) electrons. The number of aryl methyl sites for hydroxylation is 1. The molecule has 1 aliphatic rings. The number of nitrogens with one attached hydrogen (secondary N) is 1. The molecule has 1 aliphatic heterocycles. The number of halogens is 2. The number of anilines is 1. The second kappa shape index (κ2) is 6.53. The van der Waals surface area contributed by atoms with Crippen molar-refractivity contribution >= 4 is 16.6 Å². The van der Waals surface area contributed by atoms with E-state index in [9.17, 15) is 8.78 Å². The zero-order chi connectivity index (χ0) is 18.3. The molecule has 1 fully saturated rings. The van der Waals surface area contributed by atoms with Crippen molar-refractivity contribution in [2.45, 2.75) is 6.92 Å². The maximum Gasteiger partial charge on any atom is 0.147 e. The Bertz CT molecular complexity index is 1020. The lowest BCUT2D eigenvalue weighted by Gasteiger charge is -2.28. The number of benzene rings is 2. The molecule has 0 aliphatic carbocycles. The van der Waals surface area contributed by atoms with Crippen molar-refractivity contribution < 1.29 is 14.1 Å². The predicted octanol–water partition coefficient (Wildman–Crippen LogP) is 2.08. The van der Waals surface area contributed by atoms with Gasteiger partial charge in [0.05, 0.1) is 42.7 Å². The van der Waals surface area contributed by atoms with Crippen LogP contribution in [-0.4, -0.2) is 30.7 Å². The normalized spacial score (nSPS) is 14.8. The standard InChI is InChI=1S/C20H20F2N4/c1-13-12-26(15-4-2-14(21)3-5-15)18-11-19(25-8-6-24-7-9-25)17(22)10-16(18)20(13)23/h2-5,10-12,23-24H,6-9H2,1H3/p+1. The Hall–Kier alpha value is -2.73. The molecule has 0 spiro atoms. The van der Waals surface area contributed by atoms with Crippen molar-refractivity contribution in [1.82, 2.24) is 4.57 Å². The van der Waals surface area contributed by atoms with E-state index in [-0.39, 0.29) is 11.6 Å². The van der Waals surface area contributed by atoms with Gasteiger partial charge in [0, 0.05) is 17.3 Å². The Kier molecular flexibility index (Phi) is 4.20. The molecule has 0 bridgehead atoms. The van der Waals surface area contributed by atoms with Gasteiger partial charge >= 0.3 is 0 Å². The summed E-state index contributed by atoms with van der Waals surface area (Å²) >= 11 is 0. The van der Waals surface area contributed by atoms with E-state index in [1.807, 2.05) is 28.7 Å². The number of pyridine rings is 1. The Morgan fingerprint density at radius 2 is 1.73 bits per heavy atom. The number of piperazine rings is 1. The maximum absolute atomic E-state index is 14.8. The average Bonchev–Trinajstić information content (AvgIpc) is 2.66. The van der Waals surface area contributed by atoms with E-state index in [1.165, 1.54) is 18.2 Å². The Balaban J connectivity index is 1.97. The first-order chi connectivity index (χ1) is 12.5. The summed E-state index contributed by atoms with van der Waals surface area (Å²) in [5.74, 6) is -0.604. The van der Waals surface area contributed by atoms with E-state index in [0.29, 0.717) is 16.4 Å². The van der Waals surface area contributed by atoms with E-state index >= 15 is 0 Å². The molecule has 1 aromatic heterocycles. The van der Waals surface area contributed by atoms with Crippen LogP contribution in [0.25, 0.3) is 16.6 Å². The van der Waals surface area contributed by atoms with Crippen LogP contribution in [0, 0.1) is 24.0 Å². The highest BCUT2D eigenvalue weighted by Gasteiger charge is 2.19. The molecule has 3 aromatic rings. The van der Waals surface area contributed by atoms with Crippen LogP contribution in [0.4, 0.5) is 14.5 Å². The Morgan fingerprint density at radius 1 is 1.04 bits per heavy atom. The molecule has 0 amide bonds. The van der Waals surface area contributed by atoms with Gasteiger partial charge in [-0.2, -0.15) is 0 Å². The highest BCUT2D eigenvalue weighted by molar-refractivity contribution is 5.85. The fourth-order valence-electron chi connectivity index (χ4n) is 3.54. The fourth-order valence-corrected chi connectivity index (χ4v) is 3.54. The number of nitrogens with two attached hydrogens (primary N) is 1. The molecule has 26 heavy (non-hydrogen) atoms. The van der Waals surface area contributed by atoms with Crippen molar-refractivity contribution in [2.75, 3.05) is 31.1 Å². The minimum absolute atomic E-state index is 0.302. The van der Waals surface area contributed by atoms with Crippen molar-refractivity contribution in [3.63, 3.8) is 0 Å². The second-order valence-electron chi connectivity index (χ2n) is 6.71. The lowest BCUT2D eigenvalue weighted by molar-refractivity contribution is -0.655. The molecule has 4 rings (SSSR count). The van der Waals surface area contributed by atoms with Gasteiger partial charge in [-0.25, -0.2) is 8.78 Å². The third kappa shape index (κ3) is 2.86. The molecule has 6 heteroatoms. The smallest absolute Gasteiger partial charge is 0.147 e. The number of hydrogen-bond acceptors (Lipinski definition) is 2. The van der Waals surface area contributed by atoms with E-state index in [2.05, 4.69) is 5.32 Å². The number of hydrogen-bond donors (Lipinski definition) is 2. The molecule has 4 nitrogen and oxygen atoms in total. The molecule has 0 unspecified atom stereocenters. The molecule has 0 saturated carbocycles. The minimum Gasteiger partial charge on any atom is -0.358 e. The largest absolute Gasteiger partial charge is 0.358 e. The highest BCUT2D eigenvalue weighted by atomic mass is 19.1. The summed E-state index contributed by atoms with van der Waals surface area (Å²) in [6, 6.07) is 9.47. The first-order valence-corrected chi connectivity index (χ1v) is 8.77. The van der Waals surface area contributed by atoms with Crippen LogP contribution in [-0.2, 0) is 0 Å². The summed E-state index contributed by atoms with van der Waals surface area (Å²) in [5.41, 5.74) is 2.83. The molecule has 2 aromatic carbocycles. The molecule has 3 N–H and O–H groups in total. The molecule has 0 atom stereocenters. The number of nitrogens with zero attached hydrogens (tertiary/aromatic N) is 2. The number of fused-ring (bicyclic) bond motifs is 1. The lowest BCUT2D eigenvalue weighted by Crippen LogP contribution is -2.89. The number of quaternary nitrogens is 1. The predicted molar refractivity (Wildman–Crippen MR) is 97.7 cm³/mol. The third-order valence-corrected chi connectivity index (χ3v) is 4.96.